The first-order valence-electron chi connectivity index (χ1n) is 6.18. The number of carbonyl (C=O) groups is 1. The van der Waals surface area contributed by atoms with Crippen LogP contribution in [0.15, 0.2) is 4.99 Å². The Labute approximate surface area is 108 Å². The molecule has 0 aromatic heterocycles. The van der Waals surface area contributed by atoms with Crippen molar-refractivity contribution in [1.82, 2.24) is 10.6 Å². The summed E-state index contributed by atoms with van der Waals surface area (Å²) < 4.78 is 0. The molecule has 98 valence electrons. The van der Waals surface area contributed by atoms with Crippen molar-refractivity contribution >= 4 is 22.8 Å². The highest BCUT2D eigenvalue weighted by Gasteiger charge is 2.26. The Bertz CT molecular complexity index is 302. The molecule has 4 nitrogen and oxygen atoms in total. The van der Waals surface area contributed by atoms with Crippen LogP contribution < -0.4 is 10.6 Å². The van der Waals surface area contributed by atoms with Gasteiger partial charge in [-0.25, -0.2) is 0 Å². The molecule has 0 aromatic rings. The zero-order valence-corrected chi connectivity index (χ0v) is 12.0. The van der Waals surface area contributed by atoms with Crippen molar-refractivity contribution in [2.24, 2.45) is 4.99 Å². The SMILES string of the molecule is CCC(C)NC(=O)CCN=C1NC(C)(C)CS1. The molecule has 1 fully saturated rings. The Kier molecular flexibility index (Phi) is 5.31. The van der Waals surface area contributed by atoms with Crippen LogP contribution in [0.3, 0.4) is 0 Å². The second-order valence-corrected chi connectivity index (χ2v) is 6.08. The van der Waals surface area contributed by atoms with Gasteiger partial charge in [-0.3, -0.25) is 9.79 Å². The lowest BCUT2D eigenvalue weighted by atomic mass is 10.1. The van der Waals surface area contributed by atoms with E-state index in [9.17, 15) is 4.79 Å². The van der Waals surface area contributed by atoms with Gasteiger partial charge in [0.25, 0.3) is 0 Å². The van der Waals surface area contributed by atoms with Crippen molar-refractivity contribution in [3.05, 3.63) is 0 Å². The maximum absolute atomic E-state index is 11.5. The van der Waals surface area contributed by atoms with Crippen LogP contribution in [0.2, 0.25) is 0 Å². The van der Waals surface area contributed by atoms with Gasteiger partial charge in [0.15, 0.2) is 5.17 Å². The van der Waals surface area contributed by atoms with E-state index in [2.05, 4.69) is 36.4 Å². The zero-order chi connectivity index (χ0) is 12.9. The third-order valence-electron chi connectivity index (χ3n) is 2.63. The van der Waals surface area contributed by atoms with Gasteiger partial charge in [-0.05, 0) is 27.2 Å². The van der Waals surface area contributed by atoms with Crippen molar-refractivity contribution in [3.8, 4) is 0 Å². The Morgan fingerprint density at radius 2 is 2.35 bits per heavy atom. The Morgan fingerprint density at radius 1 is 1.65 bits per heavy atom. The van der Waals surface area contributed by atoms with E-state index in [1.54, 1.807) is 11.8 Å². The van der Waals surface area contributed by atoms with Crippen LogP contribution >= 0.6 is 11.8 Å². The van der Waals surface area contributed by atoms with Gasteiger partial charge in [-0.15, -0.1) is 0 Å². The lowest BCUT2D eigenvalue weighted by molar-refractivity contribution is -0.121. The van der Waals surface area contributed by atoms with Crippen molar-refractivity contribution in [2.75, 3.05) is 12.3 Å². The van der Waals surface area contributed by atoms with Gasteiger partial charge in [0.05, 0.1) is 6.54 Å². The van der Waals surface area contributed by atoms with E-state index in [4.69, 9.17) is 0 Å². The Morgan fingerprint density at radius 3 is 2.88 bits per heavy atom. The first-order chi connectivity index (χ1) is 7.93. The maximum Gasteiger partial charge on any atom is 0.222 e. The summed E-state index contributed by atoms with van der Waals surface area (Å²) in [4.78, 5) is 15.9. The third-order valence-corrected chi connectivity index (χ3v) is 4.00. The number of hydrogen-bond donors (Lipinski definition) is 2. The molecule has 0 aliphatic carbocycles. The van der Waals surface area contributed by atoms with E-state index in [-0.39, 0.29) is 17.5 Å². The molecule has 1 heterocycles. The summed E-state index contributed by atoms with van der Waals surface area (Å²) in [5.74, 6) is 1.12. The average molecular weight is 257 g/mol. The summed E-state index contributed by atoms with van der Waals surface area (Å²) in [5.41, 5.74) is 0.127. The molecular weight excluding hydrogens is 234 g/mol. The number of nitrogens with zero attached hydrogens (tertiary/aromatic N) is 1. The fraction of sp³-hybridized carbons (Fsp3) is 0.833. The van der Waals surface area contributed by atoms with Gasteiger partial charge < -0.3 is 10.6 Å². The molecule has 0 bridgehead atoms. The number of aliphatic imine (C=N–C) groups is 1. The largest absolute Gasteiger partial charge is 0.359 e. The number of amidine groups is 1. The number of nitrogens with one attached hydrogen (secondary N) is 2. The van der Waals surface area contributed by atoms with Crippen LogP contribution in [0.1, 0.15) is 40.5 Å². The van der Waals surface area contributed by atoms with Gasteiger partial charge in [0, 0.05) is 23.8 Å². The molecule has 0 saturated carbocycles. The topological polar surface area (TPSA) is 53.5 Å². The maximum atomic E-state index is 11.5. The van der Waals surface area contributed by atoms with Crippen LogP contribution in [0.5, 0.6) is 0 Å². The highest BCUT2D eigenvalue weighted by Crippen LogP contribution is 2.21. The zero-order valence-electron chi connectivity index (χ0n) is 11.2. The molecule has 1 unspecified atom stereocenters. The summed E-state index contributed by atoms with van der Waals surface area (Å²) in [6, 6.07) is 0.257. The van der Waals surface area contributed by atoms with Crippen molar-refractivity contribution in [1.29, 1.82) is 0 Å². The van der Waals surface area contributed by atoms with Gasteiger partial charge in [0.2, 0.25) is 5.91 Å². The van der Waals surface area contributed by atoms with Crippen LogP contribution in [-0.4, -0.2) is 35.0 Å². The van der Waals surface area contributed by atoms with E-state index in [0.29, 0.717) is 13.0 Å². The summed E-state index contributed by atoms with van der Waals surface area (Å²) in [7, 11) is 0. The number of carbonyl (C=O) groups excluding carboxylic acids is 1. The van der Waals surface area contributed by atoms with Gasteiger partial charge in [-0.1, -0.05) is 18.7 Å². The lowest BCUT2D eigenvalue weighted by Gasteiger charge is -2.15. The van der Waals surface area contributed by atoms with Crippen LogP contribution in [0.4, 0.5) is 0 Å². The van der Waals surface area contributed by atoms with E-state index in [1.165, 1.54) is 0 Å². The van der Waals surface area contributed by atoms with Crippen LogP contribution in [0.25, 0.3) is 0 Å². The molecule has 5 heteroatoms. The van der Waals surface area contributed by atoms with E-state index in [0.717, 1.165) is 17.3 Å². The standard InChI is InChI=1S/C12H23N3OS/c1-5-9(2)14-10(16)6-7-13-11-15-12(3,4)8-17-11/h9H,5-8H2,1-4H3,(H,13,15)(H,14,16). The smallest absolute Gasteiger partial charge is 0.222 e. The highest BCUT2D eigenvalue weighted by atomic mass is 32.2. The first-order valence-corrected chi connectivity index (χ1v) is 7.16. The number of rotatable bonds is 5. The molecular formula is C12H23N3OS. The van der Waals surface area contributed by atoms with Crippen LogP contribution in [0, 0.1) is 0 Å². The highest BCUT2D eigenvalue weighted by molar-refractivity contribution is 8.14. The Balaban J connectivity index is 2.24. The molecule has 17 heavy (non-hydrogen) atoms. The summed E-state index contributed by atoms with van der Waals surface area (Å²) in [6.07, 6.45) is 1.43. The molecule has 1 amide bonds. The van der Waals surface area contributed by atoms with Crippen molar-refractivity contribution in [3.63, 3.8) is 0 Å². The minimum Gasteiger partial charge on any atom is -0.359 e. The molecule has 1 aliphatic heterocycles. The minimum absolute atomic E-state index is 0.0888. The Hall–Kier alpha value is -0.710. The molecule has 0 spiro atoms. The van der Waals surface area contributed by atoms with E-state index < -0.39 is 0 Å². The van der Waals surface area contributed by atoms with Crippen LogP contribution in [-0.2, 0) is 4.79 Å². The predicted molar refractivity (Wildman–Crippen MR) is 74.5 cm³/mol. The third kappa shape index (κ3) is 5.44. The molecule has 2 N–H and O–H groups in total. The normalized spacial score (nSPS) is 22.2. The minimum atomic E-state index is 0.0888. The number of amides is 1. The van der Waals surface area contributed by atoms with E-state index >= 15 is 0 Å². The van der Waals surface area contributed by atoms with E-state index in [1.807, 2.05) is 6.92 Å². The molecule has 1 atom stereocenters. The molecule has 1 saturated heterocycles. The molecule has 1 rings (SSSR count). The molecule has 0 aromatic carbocycles. The average Bonchev–Trinajstić information content (AvgIpc) is 2.58. The predicted octanol–water partition coefficient (Wildman–Crippen LogP) is 1.76. The molecule has 0 radical (unpaired) electrons. The fourth-order valence-corrected chi connectivity index (χ4v) is 2.50. The van der Waals surface area contributed by atoms with Gasteiger partial charge >= 0.3 is 0 Å². The lowest BCUT2D eigenvalue weighted by Crippen LogP contribution is -2.37. The first kappa shape index (κ1) is 14.4. The summed E-state index contributed by atoms with van der Waals surface area (Å²) >= 11 is 1.73. The fourth-order valence-electron chi connectivity index (χ4n) is 1.40. The number of thioether (sulfide) groups is 1. The van der Waals surface area contributed by atoms with Crippen molar-refractivity contribution < 1.29 is 4.79 Å². The van der Waals surface area contributed by atoms with Gasteiger partial charge in [0.1, 0.15) is 0 Å². The number of hydrogen-bond acceptors (Lipinski definition) is 3. The second kappa shape index (κ2) is 6.28. The quantitative estimate of drug-likeness (QED) is 0.789. The molecule has 1 aliphatic rings. The second-order valence-electron chi connectivity index (χ2n) is 5.11. The van der Waals surface area contributed by atoms with Crippen molar-refractivity contribution in [2.45, 2.75) is 52.1 Å². The monoisotopic (exact) mass is 257 g/mol. The van der Waals surface area contributed by atoms with Gasteiger partial charge in [-0.2, -0.15) is 0 Å². The summed E-state index contributed by atoms with van der Waals surface area (Å²) in [6.45, 7) is 8.94. The summed E-state index contributed by atoms with van der Waals surface area (Å²) in [5, 5.41) is 7.24.